The maximum atomic E-state index is 13.3. The van der Waals surface area contributed by atoms with Crippen molar-refractivity contribution in [2.24, 2.45) is 0 Å². The highest BCUT2D eigenvalue weighted by molar-refractivity contribution is 7.89. The van der Waals surface area contributed by atoms with E-state index < -0.39 is 29.5 Å². The highest BCUT2D eigenvalue weighted by atomic mass is 32.2. The van der Waals surface area contributed by atoms with E-state index in [4.69, 9.17) is 4.74 Å². The minimum absolute atomic E-state index is 0.0526. The summed E-state index contributed by atoms with van der Waals surface area (Å²) in [6.45, 7) is 9.49. The molecule has 0 radical (unpaired) electrons. The number of nitrogens with zero attached hydrogens (tertiary/aromatic N) is 1. The average molecular weight is 522 g/mol. The lowest BCUT2D eigenvalue weighted by molar-refractivity contribution is -0.131. The lowest BCUT2D eigenvalue weighted by atomic mass is 9.75. The lowest BCUT2D eigenvalue weighted by Gasteiger charge is -2.36. The van der Waals surface area contributed by atoms with Gasteiger partial charge in [-0.25, -0.2) is 8.42 Å². The molecule has 188 valence electrons. The molecule has 8 heteroatoms. The van der Waals surface area contributed by atoms with Gasteiger partial charge >= 0.3 is 0 Å². The molecule has 0 fully saturated rings. The molecule has 3 rings (SSSR count). The van der Waals surface area contributed by atoms with Gasteiger partial charge in [0.25, 0.3) is 0 Å². The topological polar surface area (TPSA) is 83.9 Å². The second-order valence-corrected chi connectivity index (χ2v) is 16.4. The molecule has 0 aromatic heterocycles. The predicted molar refractivity (Wildman–Crippen MR) is 144 cm³/mol. The summed E-state index contributed by atoms with van der Waals surface area (Å²) in [5, 5.41) is 11.1. The molecule has 0 bridgehead atoms. The molecule has 1 N–H and O–H groups in total. The van der Waals surface area contributed by atoms with Crippen LogP contribution in [0.5, 0.6) is 0 Å². The molecular formula is C28H31NO5SSi. The van der Waals surface area contributed by atoms with Gasteiger partial charge in [-0.05, 0) is 31.5 Å². The highest BCUT2D eigenvalue weighted by Gasteiger charge is 2.54. The quantitative estimate of drug-likeness (QED) is 0.444. The van der Waals surface area contributed by atoms with E-state index in [-0.39, 0.29) is 35.4 Å². The summed E-state index contributed by atoms with van der Waals surface area (Å²) in [4.78, 5) is 13.1. The Kier molecular flexibility index (Phi) is 8.28. The Morgan fingerprint density at radius 2 is 1.53 bits per heavy atom. The first-order valence-electron chi connectivity index (χ1n) is 11.7. The van der Waals surface area contributed by atoms with Crippen LogP contribution in [0, 0.1) is 23.3 Å². The van der Waals surface area contributed by atoms with Gasteiger partial charge in [-0.2, -0.15) is 4.31 Å². The molecule has 0 saturated carbocycles. The molecule has 0 saturated heterocycles. The van der Waals surface area contributed by atoms with E-state index in [0.29, 0.717) is 5.56 Å². The van der Waals surface area contributed by atoms with E-state index in [9.17, 15) is 18.3 Å². The third-order valence-corrected chi connectivity index (χ3v) is 7.88. The second kappa shape index (κ2) is 10.9. The van der Waals surface area contributed by atoms with Crippen molar-refractivity contribution >= 4 is 29.5 Å². The monoisotopic (exact) mass is 521 g/mol. The molecule has 2 aromatic carbocycles. The number of carbonyl (C=O) groups is 1. The van der Waals surface area contributed by atoms with Crippen molar-refractivity contribution in [2.45, 2.75) is 50.1 Å². The summed E-state index contributed by atoms with van der Waals surface area (Å²) in [5.41, 5.74) is 1.93. The first-order chi connectivity index (χ1) is 16.9. The van der Waals surface area contributed by atoms with E-state index in [2.05, 4.69) is 42.9 Å². The zero-order valence-corrected chi connectivity index (χ0v) is 23.0. The van der Waals surface area contributed by atoms with Crippen LogP contribution in [-0.4, -0.2) is 56.5 Å². The fourth-order valence-electron chi connectivity index (χ4n) is 3.48. The maximum absolute atomic E-state index is 13.3. The molecule has 0 heterocycles. The maximum Gasteiger partial charge on any atom is 0.248 e. The highest BCUT2D eigenvalue weighted by Crippen LogP contribution is 2.42. The minimum Gasteiger partial charge on any atom is -0.490 e. The third kappa shape index (κ3) is 6.15. The molecule has 36 heavy (non-hydrogen) atoms. The largest absolute Gasteiger partial charge is 0.490 e. The van der Waals surface area contributed by atoms with E-state index in [1.165, 1.54) is 12.1 Å². The molecule has 6 nitrogen and oxygen atoms in total. The Morgan fingerprint density at radius 1 is 0.972 bits per heavy atom. The molecule has 2 aromatic rings. The van der Waals surface area contributed by atoms with Gasteiger partial charge in [0, 0.05) is 0 Å². The number of ketones is 1. The first-order valence-corrected chi connectivity index (χ1v) is 16.6. The standard InChI is InChI=1S/C28H31NO5SSi/c1-22(2)34-27-25(23-14-8-6-9-15-23)26(30)28(27,31)18-12-19-29(20-13-21-36(3,4)5)35(32,33)24-16-10-7-11-17-24/h6-11,14-17,22,31H,19-20H2,1-5H3. The third-order valence-electron chi connectivity index (χ3n) is 5.15. The summed E-state index contributed by atoms with van der Waals surface area (Å²) in [6.07, 6.45) is -0.299. The molecule has 0 spiro atoms. The van der Waals surface area contributed by atoms with Crippen molar-refractivity contribution in [2.75, 3.05) is 13.1 Å². The summed E-state index contributed by atoms with van der Waals surface area (Å²) in [6, 6.07) is 17.0. The summed E-state index contributed by atoms with van der Waals surface area (Å²) >= 11 is 0. The van der Waals surface area contributed by atoms with Crippen LogP contribution < -0.4 is 0 Å². The number of hydrogen-bond donors (Lipinski definition) is 1. The van der Waals surface area contributed by atoms with Crippen molar-refractivity contribution in [3.05, 3.63) is 72.0 Å². The van der Waals surface area contributed by atoms with Crippen LogP contribution in [0.2, 0.25) is 19.6 Å². The van der Waals surface area contributed by atoms with Crippen molar-refractivity contribution in [1.82, 2.24) is 4.31 Å². The Hall–Kier alpha value is -3.14. The number of sulfonamides is 1. The van der Waals surface area contributed by atoms with Crippen LogP contribution in [-0.2, 0) is 19.6 Å². The Bertz CT molecular complexity index is 1370. The van der Waals surface area contributed by atoms with Gasteiger partial charge in [-0.1, -0.05) is 85.9 Å². The van der Waals surface area contributed by atoms with Crippen LogP contribution >= 0.6 is 0 Å². The number of aliphatic hydroxyl groups is 1. The van der Waals surface area contributed by atoms with Crippen LogP contribution in [0.25, 0.3) is 5.57 Å². The second-order valence-electron chi connectivity index (χ2n) is 9.72. The minimum atomic E-state index is -3.89. The summed E-state index contributed by atoms with van der Waals surface area (Å²) < 4.78 is 33.5. The van der Waals surface area contributed by atoms with Crippen LogP contribution in [0.4, 0.5) is 0 Å². The first kappa shape index (κ1) is 27.4. The number of hydrogen-bond acceptors (Lipinski definition) is 5. The number of ether oxygens (including phenoxy) is 1. The van der Waals surface area contributed by atoms with Crippen LogP contribution in [0.15, 0.2) is 71.3 Å². The number of rotatable bonds is 7. The van der Waals surface area contributed by atoms with Gasteiger partial charge in [-0.3, -0.25) is 4.79 Å². The molecule has 1 aliphatic rings. The fraction of sp³-hybridized carbons (Fsp3) is 0.321. The molecular weight excluding hydrogens is 490 g/mol. The molecule has 1 atom stereocenters. The average Bonchev–Trinajstić information content (AvgIpc) is 2.83. The lowest BCUT2D eigenvalue weighted by Crippen LogP contribution is -2.50. The molecule has 0 aliphatic heterocycles. The Morgan fingerprint density at radius 3 is 2.08 bits per heavy atom. The van der Waals surface area contributed by atoms with Gasteiger partial charge < -0.3 is 9.84 Å². The number of Topliss-reactive ketones (excluding diaryl/α,β-unsaturated/α-hetero) is 1. The fourth-order valence-corrected chi connectivity index (χ4v) is 5.36. The van der Waals surface area contributed by atoms with Crippen LogP contribution in [0.3, 0.4) is 0 Å². The van der Waals surface area contributed by atoms with Crippen molar-refractivity contribution in [1.29, 1.82) is 0 Å². The zero-order valence-electron chi connectivity index (χ0n) is 21.2. The van der Waals surface area contributed by atoms with Crippen molar-refractivity contribution in [3.63, 3.8) is 0 Å². The number of carbonyl (C=O) groups excluding carboxylic acids is 1. The molecule has 1 unspecified atom stereocenters. The Balaban J connectivity index is 1.95. The van der Waals surface area contributed by atoms with E-state index in [1.54, 1.807) is 56.3 Å². The zero-order chi connectivity index (χ0) is 26.6. The van der Waals surface area contributed by atoms with E-state index >= 15 is 0 Å². The van der Waals surface area contributed by atoms with E-state index in [0.717, 1.165) is 4.31 Å². The molecule has 1 aliphatic carbocycles. The normalized spacial score (nSPS) is 17.7. The number of benzene rings is 2. The SMILES string of the molecule is CC(C)OC1=C(c2ccccc2)C(=O)C1(O)C#CCN(CC#C[Si](C)(C)C)S(=O)(=O)c1ccccc1. The van der Waals surface area contributed by atoms with Gasteiger partial charge in [0.05, 0.1) is 29.7 Å². The van der Waals surface area contributed by atoms with Crippen molar-refractivity contribution in [3.8, 4) is 23.3 Å². The molecule has 0 amide bonds. The Labute approximate surface area is 215 Å². The predicted octanol–water partition coefficient (Wildman–Crippen LogP) is 3.71. The smallest absolute Gasteiger partial charge is 0.248 e. The van der Waals surface area contributed by atoms with Crippen molar-refractivity contribution < 1.29 is 23.1 Å². The van der Waals surface area contributed by atoms with Gasteiger partial charge in [0.1, 0.15) is 8.07 Å². The van der Waals surface area contributed by atoms with E-state index in [1.807, 2.05) is 6.07 Å². The van der Waals surface area contributed by atoms with Gasteiger partial charge in [0.15, 0.2) is 5.76 Å². The summed E-state index contributed by atoms with van der Waals surface area (Å²) in [5.74, 6) is 7.78. The van der Waals surface area contributed by atoms with Gasteiger partial charge in [-0.15, -0.1) is 5.54 Å². The summed E-state index contributed by atoms with van der Waals surface area (Å²) in [7, 11) is -5.61. The van der Waals surface area contributed by atoms with Crippen LogP contribution in [0.1, 0.15) is 19.4 Å². The van der Waals surface area contributed by atoms with Gasteiger partial charge in [0.2, 0.25) is 21.4 Å².